The molecule has 2 amide bonds. The number of hydrogen-bond donors (Lipinski definition) is 4. The van der Waals surface area contributed by atoms with E-state index in [9.17, 15) is 32.3 Å². The van der Waals surface area contributed by atoms with E-state index in [4.69, 9.17) is 18.9 Å². The average molecular weight is 1520 g/mol. The van der Waals surface area contributed by atoms with E-state index >= 15 is 0 Å². The van der Waals surface area contributed by atoms with Gasteiger partial charge in [-0.05, 0) is 124 Å². The molecule has 4 aromatic carbocycles. The highest BCUT2D eigenvalue weighted by atomic mass is 19.1. The quantitative estimate of drug-likeness (QED) is 0.0743. The molecule has 4 fully saturated rings. The second kappa shape index (κ2) is 33.9. The number of fused-ring (bicyclic) bond motifs is 12. The van der Waals surface area contributed by atoms with Crippen molar-refractivity contribution in [2.75, 3.05) is 145 Å². The number of H-pyrrole nitrogens is 2. The highest BCUT2D eigenvalue weighted by Gasteiger charge is 2.29. The number of methoxy groups -OCH3 is 2. The summed E-state index contributed by atoms with van der Waals surface area (Å²) >= 11 is 0. The maximum atomic E-state index is 14.0. The number of aryl methyl sites for hydroxylation is 4. The first kappa shape index (κ1) is 79.1. The van der Waals surface area contributed by atoms with Crippen molar-refractivity contribution < 1.29 is 41.7 Å². The Morgan fingerprint density at radius 2 is 0.757 bits per heavy atom. The van der Waals surface area contributed by atoms with Crippen LogP contribution >= 0.6 is 0 Å². The van der Waals surface area contributed by atoms with Crippen LogP contribution in [0.15, 0.2) is 113 Å². The molecule has 12 heterocycles. The number of aromatic amines is 2. The van der Waals surface area contributed by atoms with Crippen LogP contribution in [0.4, 0.5) is 22.8 Å². The van der Waals surface area contributed by atoms with Gasteiger partial charge in [0.05, 0.1) is 69.7 Å². The molecule has 0 spiro atoms. The molecule has 8 aromatic heterocycles. The Balaban J connectivity index is 0.000000131. The van der Waals surface area contributed by atoms with Gasteiger partial charge in [0.1, 0.15) is 22.7 Å². The Bertz CT molecular complexity index is 5490. The van der Waals surface area contributed by atoms with Crippen LogP contribution < -0.4 is 31.0 Å². The number of amides is 2. The lowest BCUT2D eigenvalue weighted by molar-refractivity contribution is 0.0134. The van der Waals surface area contributed by atoms with Gasteiger partial charge < -0.3 is 67.6 Å². The minimum atomic E-state index is -0.500. The molecule has 4 aliphatic rings. The summed E-state index contributed by atoms with van der Waals surface area (Å²) < 4.78 is 72.5. The van der Waals surface area contributed by atoms with Gasteiger partial charge in [0.15, 0.2) is 22.8 Å². The summed E-state index contributed by atoms with van der Waals surface area (Å²) in [5.74, 6) is 0.487. The van der Waals surface area contributed by atoms with Crippen molar-refractivity contribution in [2.45, 2.75) is 107 Å². The summed E-state index contributed by atoms with van der Waals surface area (Å²) in [6.45, 7) is 39.8. The van der Waals surface area contributed by atoms with Gasteiger partial charge >= 0.3 is 12.2 Å². The number of halogens is 3. The molecule has 27 heteroatoms. The molecule has 24 nitrogen and oxygen atoms in total. The zero-order valence-corrected chi connectivity index (χ0v) is 66.1. The molecule has 16 rings (SSSR count). The number of pyridine rings is 4. The van der Waals surface area contributed by atoms with E-state index in [1.807, 2.05) is 92.8 Å². The smallest absolute Gasteiger partial charge is 0.410 e. The highest BCUT2D eigenvalue weighted by molar-refractivity contribution is 6.11. The molecule has 4 saturated heterocycles. The van der Waals surface area contributed by atoms with Crippen LogP contribution in [0, 0.1) is 45.5 Å². The lowest BCUT2D eigenvalue weighted by atomic mass is 10.1. The van der Waals surface area contributed by atoms with Gasteiger partial charge in [-0.15, -0.1) is 0 Å². The molecule has 4 aliphatic heterocycles. The number of carbonyl (C=O) groups excluding carboxylic acids is 2. The fraction of sp³-hybridized carbons (Fsp3) is 0.452. The van der Waals surface area contributed by atoms with Crippen molar-refractivity contribution in [3.63, 3.8) is 0 Å². The Labute approximate surface area is 643 Å². The molecule has 0 saturated carbocycles. The second-order valence-corrected chi connectivity index (χ2v) is 31.3. The van der Waals surface area contributed by atoms with E-state index in [2.05, 4.69) is 93.6 Å². The van der Waals surface area contributed by atoms with Gasteiger partial charge in [-0.2, -0.15) is 13.2 Å². The highest BCUT2D eigenvalue weighted by Crippen LogP contribution is 2.37. The Hall–Kier alpha value is -10.0. The van der Waals surface area contributed by atoms with Crippen LogP contribution in [0.5, 0.6) is 11.5 Å². The van der Waals surface area contributed by atoms with E-state index < -0.39 is 23.1 Å². The van der Waals surface area contributed by atoms with E-state index in [-0.39, 0.29) is 29.0 Å². The molecular formula is C84H105F3N16O8. The maximum absolute atomic E-state index is 14.0. The second-order valence-electron chi connectivity index (χ2n) is 31.3. The molecule has 0 aliphatic carbocycles. The fourth-order valence-electron chi connectivity index (χ4n) is 16.1. The number of ether oxygens (including phenoxy) is 4. The molecular weight excluding hydrogens is 1420 g/mol. The Morgan fingerprint density at radius 3 is 1.15 bits per heavy atom. The van der Waals surface area contributed by atoms with Crippen molar-refractivity contribution >= 4 is 99.4 Å². The van der Waals surface area contributed by atoms with Crippen LogP contribution in [0.3, 0.4) is 0 Å². The number of carbonyl (C=O) groups is 2. The summed E-state index contributed by atoms with van der Waals surface area (Å²) in [6.07, 6.45) is 1.38. The van der Waals surface area contributed by atoms with Crippen molar-refractivity contribution in [3.05, 3.63) is 164 Å². The van der Waals surface area contributed by atoms with Crippen molar-refractivity contribution in [3.8, 4) is 11.5 Å². The molecule has 590 valence electrons. The van der Waals surface area contributed by atoms with Crippen LogP contribution in [0.2, 0.25) is 0 Å². The van der Waals surface area contributed by atoms with Gasteiger partial charge in [0.25, 0.3) is 0 Å². The topological polar surface area (TPSA) is 226 Å². The summed E-state index contributed by atoms with van der Waals surface area (Å²) in [5.41, 5.74) is 10.2. The van der Waals surface area contributed by atoms with Gasteiger partial charge in [0, 0.05) is 260 Å². The standard InChI is InChI=1S/C24H32N4O3.C23H29FN4O3.C19H23FN4O.C18H21FN4O/c1-17-22-20(8-9-25-17)19-7-6-18(30-5)16-21(19)28(22)15-12-26-10-13-27(14-11-26)23(29)31-24(2,3)4;1-15-21-18(14-20(24)25-15)17-6-5-16(29)13-19(17)28(21)12-9-26-7-10-27(11-8-26)22(30)31-23(2,3)4;1-13-19-16(12-18(20)22-13)15-4-3-14(25-2)11-17(15)24(19)10-9-23-7-5-21-6-8-23;1-12-18-15(11-17(19)21-12)14-3-2-13(24)10-16(14)23(18)9-8-22-6-4-20-5-7-22/h6-9,16H,10-15H2,1-5H3;5-6,13-14,25H,7-12H2,1-4H3;3-4,11-12,21H,5-10H2,1-2H3;2-3,10-11,20-21H,4-9H2,1H3. The monoisotopic (exact) mass is 1520 g/mol. The first-order valence-corrected chi connectivity index (χ1v) is 38.6. The molecule has 0 radical (unpaired) electrons. The lowest BCUT2D eigenvalue weighted by Crippen LogP contribution is -2.50. The van der Waals surface area contributed by atoms with Crippen molar-refractivity contribution in [1.29, 1.82) is 0 Å². The third-order valence-electron chi connectivity index (χ3n) is 21.4. The van der Waals surface area contributed by atoms with Crippen LogP contribution in [-0.4, -0.2) is 236 Å². The molecule has 0 atom stereocenters. The summed E-state index contributed by atoms with van der Waals surface area (Å²) in [4.78, 5) is 75.7. The average Bonchev–Trinajstić information content (AvgIpc) is 1.56. The number of hydrogen-bond acceptors (Lipinski definition) is 16. The Morgan fingerprint density at radius 1 is 0.405 bits per heavy atom. The third-order valence-corrected chi connectivity index (χ3v) is 21.4. The van der Waals surface area contributed by atoms with Crippen molar-refractivity contribution in [2.24, 2.45) is 0 Å². The number of nitrogens with one attached hydrogen (secondary N) is 4. The molecule has 0 unspecified atom stereocenters. The summed E-state index contributed by atoms with van der Waals surface area (Å²) in [7, 11) is 3.37. The summed E-state index contributed by atoms with van der Waals surface area (Å²) in [5, 5.41) is 14.6. The van der Waals surface area contributed by atoms with Crippen LogP contribution in [-0.2, 0) is 35.7 Å². The fourth-order valence-corrected chi connectivity index (χ4v) is 16.1. The SMILES string of the molecule is COc1ccc2c3cc(F)nc(C)c3n(CCN3CCNCC3)c2c1.COc1ccc2c3ccnc(C)c3n(CCN3CCN(C(=O)OC(C)(C)C)CC3)c2c1.Cc1[nH]c(F)cc2c3ccc(=O)cc3n(CCN3CCN(C(=O)OC(C)(C)C)CC3)c12.Cc1[nH]c(F)cc2c3ccc(=O)cc3n(CCN3CCNCC3)c12. The van der Waals surface area contributed by atoms with Crippen LogP contribution in [0.1, 0.15) is 64.3 Å². The first-order chi connectivity index (χ1) is 53.2. The van der Waals surface area contributed by atoms with Crippen LogP contribution in [0.25, 0.3) is 87.2 Å². The molecule has 0 bridgehead atoms. The predicted octanol–water partition coefficient (Wildman–Crippen LogP) is 11.9. The van der Waals surface area contributed by atoms with E-state index in [1.165, 1.54) is 34.5 Å². The first-order valence-electron chi connectivity index (χ1n) is 38.6. The van der Waals surface area contributed by atoms with Gasteiger partial charge in [-0.1, -0.05) is 0 Å². The number of rotatable bonds is 14. The number of nitrogens with zero attached hydrogens (tertiary/aromatic N) is 12. The third kappa shape index (κ3) is 18.1. The zero-order chi connectivity index (χ0) is 78.6. The minimum Gasteiger partial charge on any atom is -0.497 e. The Kier molecular flexibility index (Phi) is 24.1. The summed E-state index contributed by atoms with van der Waals surface area (Å²) in [6, 6.07) is 28.8. The number of piperazine rings is 4. The number of aromatic nitrogens is 8. The molecule has 12 aromatic rings. The predicted molar refractivity (Wildman–Crippen MR) is 434 cm³/mol. The number of benzene rings is 4. The molecule has 111 heavy (non-hydrogen) atoms. The lowest BCUT2D eigenvalue weighted by Gasteiger charge is -2.35. The zero-order valence-electron chi connectivity index (χ0n) is 66.1. The molecule has 4 N–H and O–H groups in total. The largest absolute Gasteiger partial charge is 0.497 e. The van der Waals surface area contributed by atoms with E-state index in [0.717, 1.165) is 230 Å². The van der Waals surface area contributed by atoms with E-state index in [1.54, 1.807) is 60.4 Å². The van der Waals surface area contributed by atoms with Gasteiger partial charge in [-0.3, -0.25) is 34.2 Å². The van der Waals surface area contributed by atoms with Gasteiger partial charge in [0.2, 0.25) is 5.95 Å². The van der Waals surface area contributed by atoms with Crippen molar-refractivity contribution in [1.82, 2.24) is 78.2 Å². The van der Waals surface area contributed by atoms with E-state index in [0.29, 0.717) is 32.7 Å². The van der Waals surface area contributed by atoms with Gasteiger partial charge in [-0.25, -0.2) is 14.6 Å². The maximum Gasteiger partial charge on any atom is 0.410 e. The minimum absolute atomic E-state index is 0.0177. The normalized spacial score (nSPS) is 15.8.